The molecule has 4 rings (SSSR count). The number of allylic oxidation sites excluding steroid dienone is 1. The van der Waals surface area contributed by atoms with Gasteiger partial charge in [0.1, 0.15) is 11.8 Å². The third-order valence-electron chi connectivity index (χ3n) is 4.95. The van der Waals surface area contributed by atoms with Gasteiger partial charge in [-0.05, 0) is 43.7 Å². The van der Waals surface area contributed by atoms with Gasteiger partial charge in [0.25, 0.3) is 5.56 Å². The van der Waals surface area contributed by atoms with E-state index in [9.17, 15) is 9.59 Å². The molecule has 1 aliphatic heterocycles. The average molecular weight is 436 g/mol. The first-order chi connectivity index (χ1) is 15.0. The van der Waals surface area contributed by atoms with Crippen LogP contribution in [0.5, 0.6) is 5.75 Å². The topological polar surface area (TPSA) is 82.8 Å². The average Bonchev–Trinajstić information content (AvgIpc) is 3.08. The van der Waals surface area contributed by atoms with Crippen molar-refractivity contribution in [3.05, 3.63) is 90.9 Å². The maximum atomic E-state index is 13.5. The Bertz CT molecular complexity index is 1340. The van der Waals surface area contributed by atoms with Crippen LogP contribution in [0.25, 0.3) is 6.08 Å². The van der Waals surface area contributed by atoms with Crippen LogP contribution in [0.1, 0.15) is 31.0 Å². The van der Waals surface area contributed by atoms with E-state index in [1.54, 1.807) is 50.1 Å². The predicted octanol–water partition coefficient (Wildman–Crippen LogP) is 2.20. The number of para-hydroxylation sites is 1. The number of aromatic nitrogens is 2. The van der Waals surface area contributed by atoms with Crippen molar-refractivity contribution in [3.8, 4) is 5.75 Å². The fourth-order valence-corrected chi connectivity index (χ4v) is 4.64. The summed E-state index contributed by atoms with van der Waals surface area (Å²) in [6, 6.07) is 10.3. The summed E-state index contributed by atoms with van der Waals surface area (Å²) in [7, 11) is 1.56. The van der Waals surface area contributed by atoms with Crippen LogP contribution in [0.2, 0.25) is 0 Å². The predicted molar refractivity (Wildman–Crippen MR) is 118 cm³/mol. The summed E-state index contributed by atoms with van der Waals surface area (Å²) in [6.07, 6.45) is 5.14. The molecule has 1 atom stereocenters. The Hall–Kier alpha value is -3.52. The summed E-state index contributed by atoms with van der Waals surface area (Å²) in [5.41, 5.74) is 2.17. The lowest BCUT2D eigenvalue weighted by molar-refractivity contribution is -0.139. The van der Waals surface area contributed by atoms with Crippen LogP contribution in [0, 0.1) is 0 Å². The molecule has 0 saturated carbocycles. The molecular weight excluding hydrogens is 414 g/mol. The van der Waals surface area contributed by atoms with Crippen LogP contribution >= 0.6 is 11.3 Å². The molecular formula is C23H21N3O4S. The van der Waals surface area contributed by atoms with Gasteiger partial charge in [-0.1, -0.05) is 29.5 Å². The standard InChI is InChI=1S/C23H21N3O4S/c1-4-30-22(28)19-14(2)25-23-26(20(19)16-7-5-6-8-17(16)29-3)21(27)18(31-23)13-15-9-11-24-12-10-15/h5-13,20H,4H2,1-3H3/b18-13+/t20-/m1/s1. The molecule has 0 bridgehead atoms. The number of rotatable bonds is 5. The number of benzene rings is 1. The number of nitrogens with zero attached hydrogens (tertiary/aromatic N) is 3. The number of carbonyl (C=O) groups is 1. The molecule has 1 aromatic carbocycles. The lowest BCUT2D eigenvalue weighted by atomic mass is 9.95. The number of hydrogen-bond donors (Lipinski definition) is 0. The number of carbonyl (C=O) groups excluding carboxylic acids is 1. The highest BCUT2D eigenvalue weighted by Crippen LogP contribution is 2.35. The summed E-state index contributed by atoms with van der Waals surface area (Å²) < 4.78 is 12.9. The minimum Gasteiger partial charge on any atom is -0.496 e. The van der Waals surface area contributed by atoms with E-state index in [1.165, 1.54) is 11.3 Å². The zero-order valence-electron chi connectivity index (χ0n) is 17.4. The van der Waals surface area contributed by atoms with Gasteiger partial charge in [-0.2, -0.15) is 0 Å². The number of ether oxygens (including phenoxy) is 2. The second-order valence-electron chi connectivity index (χ2n) is 6.82. The van der Waals surface area contributed by atoms with Crippen LogP contribution in [-0.2, 0) is 9.53 Å². The van der Waals surface area contributed by atoms with E-state index in [0.717, 1.165) is 5.56 Å². The molecule has 0 fully saturated rings. The summed E-state index contributed by atoms with van der Waals surface area (Å²) >= 11 is 1.28. The molecule has 0 N–H and O–H groups in total. The smallest absolute Gasteiger partial charge is 0.338 e. The minimum absolute atomic E-state index is 0.223. The Morgan fingerprint density at radius 3 is 2.68 bits per heavy atom. The quantitative estimate of drug-likeness (QED) is 0.574. The second-order valence-corrected chi connectivity index (χ2v) is 7.83. The second kappa shape index (κ2) is 8.69. The fourth-order valence-electron chi connectivity index (χ4n) is 3.59. The highest BCUT2D eigenvalue weighted by atomic mass is 32.1. The molecule has 0 aliphatic carbocycles. The third-order valence-corrected chi connectivity index (χ3v) is 5.94. The van der Waals surface area contributed by atoms with Gasteiger partial charge < -0.3 is 9.47 Å². The number of thiazole rings is 1. The summed E-state index contributed by atoms with van der Waals surface area (Å²) in [5.74, 6) is 0.0794. The Kier molecular flexibility index (Phi) is 5.81. The van der Waals surface area contributed by atoms with Crippen molar-refractivity contribution in [3.63, 3.8) is 0 Å². The van der Waals surface area contributed by atoms with Gasteiger partial charge in [-0.3, -0.25) is 14.3 Å². The number of pyridine rings is 1. The Balaban J connectivity index is 2.00. The van der Waals surface area contributed by atoms with E-state index < -0.39 is 12.0 Å². The van der Waals surface area contributed by atoms with Gasteiger partial charge in [-0.15, -0.1) is 0 Å². The van der Waals surface area contributed by atoms with Crippen molar-refractivity contribution in [1.82, 2.24) is 9.55 Å². The molecule has 3 aromatic rings. The maximum Gasteiger partial charge on any atom is 0.338 e. The molecule has 0 saturated heterocycles. The van der Waals surface area contributed by atoms with Crippen molar-refractivity contribution < 1.29 is 14.3 Å². The van der Waals surface area contributed by atoms with Gasteiger partial charge in [0, 0.05) is 18.0 Å². The Labute approximate surface area is 182 Å². The van der Waals surface area contributed by atoms with Crippen molar-refractivity contribution >= 4 is 23.4 Å². The zero-order chi connectivity index (χ0) is 22.0. The number of fused-ring (bicyclic) bond motifs is 1. The van der Waals surface area contributed by atoms with E-state index in [0.29, 0.717) is 31.9 Å². The SMILES string of the molecule is CCOC(=O)C1=C(C)N=c2s/c(=C/c3ccncc3)c(=O)n2[C@@H]1c1ccccc1OC. The van der Waals surface area contributed by atoms with E-state index >= 15 is 0 Å². The maximum absolute atomic E-state index is 13.5. The van der Waals surface area contributed by atoms with E-state index in [4.69, 9.17) is 9.47 Å². The van der Waals surface area contributed by atoms with Crippen LogP contribution in [0.3, 0.4) is 0 Å². The molecule has 7 nitrogen and oxygen atoms in total. The normalized spacial score (nSPS) is 16.0. The van der Waals surface area contributed by atoms with Gasteiger partial charge in [0.2, 0.25) is 0 Å². The molecule has 0 amide bonds. The fraction of sp³-hybridized carbons (Fsp3) is 0.217. The number of esters is 1. The molecule has 0 radical (unpaired) electrons. The van der Waals surface area contributed by atoms with Crippen LogP contribution in [-0.4, -0.2) is 29.2 Å². The Morgan fingerprint density at radius 1 is 1.23 bits per heavy atom. The van der Waals surface area contributed by atoms with E-state index in [1.807, 2.05) is 30.3 Å². The first-order valence-corrected chi connectivity index (χ1v) is 10.6. The van der Waals surface area contributed by atoms with Crippen LogP contribution < -0.4 is 19.6 Å². The molecule has 0 spiro atoms. The van der Waals surface area contributed by atoms with Crippen molar-refractivity contribution in [2.75, 3.05) is 13.7 Å². The molecule has 2 aromatic heterocycles. The largest absolute Gasteiger partial charge is 0.496 e. The van der Waals surface area contributed by atoms with E-state index in [2.05, 4.69) is 9.98 Å². The number of methoxy groups -OCH3 is 1. The highest BCUT2D eigenvalue weighted by molar-refractivity contribution is 7.07. The summed E-state index contributed by atoms with van der Waals surface area (Å²) in [4.78, 5) is 35.5. The first kappa shape index (κ1) is 20.7. The molecule has 0 unspecified atom stereocenters. The lowest BCUT2D eigenvalue weighted by Crippen LogP contribution is -2.40. The molecule has 1 aliphatic rings. The highest BCUT2D eigenvalue weighted by Gasteiger charge is 2.34. The molecule has 31 heavy (non-hydrogen) atoms. The van der Waals surface area contributed by atoms with Crippen LogP contribution in [0.4, 0.5) is 0 Å². The van der Waals surface area contributed by atoms with Gasteiger partial charge in [0.15, 0.2) is 4.80 Å². The van der Waals surface area contributed by atoms with Crippen molar-refractivity contribution in [1.29, 1.82) is 0 Å². The third kappa shape index (κ3) is 3.82. The summed E-state index contributed by atoms with van der Waals surface area (Å²) in [5, 5.41) is 0. The molecule has 3 heterocycles. The molecule has 8 heteroatoms. The van der Waals surface area contributed by atoms with Gasteiger partial charge in [-0.25, -0.2) is 9.79 Å². The minimum atomic E-state index is -0.703. The summed E-state index contributed by atoms with van der Waals surface area (Å²) in [6.45, 7) is 3.73. The Morgan fingerprint density at radius 2 is 1.97 bits per heavy atom. The number of hydrogen-bond acceptors (Lipinski definition) is 7. The van der Waals surface area contributed by atoms with Crippen molar-refractivity contribution in [2.45, 2.75) is 19.9 Å². The van der Waals surface area contributed by atoms with E-state index in [-0.39, 0.29) is 12.2 Å². The van der Waals surface area contributed by atoms with Crippen LogP contribution in [0.15, 0.2) is 69.8 Å². The van der Waals surface area contributed by atoms with Gasteiger partial charge >= 0.3 is 5.97 Å². The lowest BCUT2D eigenvalue weighted by Gasteiger charge is -2.25. The first-order valence-electron chi connectivity index (χ1n) is 9.77. The zero-order valence-corrected chi connectivity index (χ0v) is 18.2. The monoisotopic (exact) mass is 435 g/mol. The van der Waals surface area contributed by atoms with Gasteiger partial charge in [0.05, 0.1) is 29.5 Å². The molecule has 158 valence electrons. The van der Waals surface area contributed by atoms with Crippen molar-refractivity contribution in [2.24, 2.45) is 4.99 Å².